The average molecular weight is 262 g/mol. The molecule has 1 rings (SSSR count). The van der Waals surface area contributed by atoms with Gasteiger partial charge in [-0.15, -0.1) is 0 Å². The molecule has 2 heteroatoms. The van der Waals surface area contributed by atoms with Crippen LogP contribution in [0.2, 0.25) is 0 Å². The fourth-order valence-electron chi connectivity index (χ4n) is 2.55. The molecule has 1 N–H and O–H groups in total. The first-order valence-electron chi connectivity index (χ1n) is 7.70. The highest BCUT2D eigenvalue weighted by molar-refractivity contribution is 5.48. The topological polar surface area (TPSA) is 15.3 Å². The quantitative estimate of drug-likeness (QED) is 0.748. The first-order valence-corrected chi connectivity index (χ1v) is 7.70. The van der Waals surface area contributed by atoms with Crippen molar-refractivity contribution < 1.29 is 0 Å². The minimum Gasteiger partial charge on any atom is -0.372 e. The third-order valence-electron chi connectivity index (χ3n) is 3.93. The highest BCUT2D eigenvalue weighted by atomic mass is 15.1. The summed E-state index contributed by atoms with van der Waals surface area (Å²) in [5.74, 6) is 0. The van der Waals surface area contributed by atoms with Crippen LogP contribution in [0.3, 0.4) is 0 Å². The van der Waals surface area contributed by atoms with E-state index in [1.807, 2.05) is 0 Å². The molecule has 0 aliphatic carbocycles. The van der Waals surface area contributed by atoms with Crippen LogP contribution in [-0.2, 0) is 0 Å². The van der Waals surface area contributed by atoms with Crippen molar-refractivity contribution in [2.24, 2.45) is 0 Å². The van der Waals surface area contributed by atoms with Crippen molar-refractivity contribution in [3.8, 4) is 0 Å². The SMILES string of the molecule is CCCC(C)N(C)c1ccc(C(CC)NCC)cc1. The van der Waals surface area contributed by atoms with Crippen LogP contribution in [0.15, 0.2) is 24.3 Å². The fraction of sp³-hybridized carbons (Fsp3) is 0.647. The summed E-state index contributed by atoms with van der Waals surface area (Å²) >= 11 is 0. The Balaban J connectivity index is 2.74. The van der Waals surface area contributed by atoms with Crippen molar-refractivity contribution in [1.82, 2.24) is 5.32 Å². The number of hydrogen-bond donors (Lipinski definition) is 1. The lowest BCUT2D eigenvalue weighted by Gasteiger charge is -2.27. The molecule has 0 aliphatic heterocycles. The maximum atomic E-state index is 3.53. The van der Waals surface area contributed by atoms with E-state index >= 15 is 0 Å². The van der Waals surface area contributed by atoms with E-state index in [1.54, 1.807) is 0 Å². The van der Waals surface area contributed by atoms with Gasteiger partial charge in [-0.25, -0.2) is 0 Å². The zero-order valence-electron chi connectivity index (χ0n) is 13.2. The summed E-state index contributed by atoms with van der Waals surface area (Å²) in [5.41, 5.74) is 2.71. The van der Waals surface area contributed by atoms with E-state index in [-0.39, 0.29) is 0 Å². The Morgan fingerprint density at radius 2 is 1.74 bits per heavy atom. The molecule has 19 heavy (non-hydrogen) atoms. The van der Waals surface area contributed by atoms with Crippen molar-refractivity contribution in [2.75, 3.05) is 18.5 Å². The molecule has 0 saturated carbocycles. The van der Waals surface area contributed by atoms with Gasteiger partial charge in [-0.2, -0.15) is 0 Å². The number of anilines is 1. The lowest BCUT2D eigenvalue weighted by atomic mass is 10.0. The van der Waals surface area contributed by atoms with Gasteiger partial charge in [-0.3, -0.25) is 0 Å². The summed E-state index contributed by atoms with van der Waals surface area (Å²) in [6.45, 7) is 9.96. The molecule has 0 bridgehead atoms. The standard InChI is InChI=1S/C17H30N2/c1-6-9-14(4)19(5)16-12-10-15(11-13-16)17(7-2)18-8-3/h10-14,17-18H,6-9H2,1-5H3. The van der Waals surface area contributed by atoms with Crippen molar-refractivity contribution in [2.45, 2.75) is 59.0 Å². The van der Waals surface area contributed by atoms with Gasteiger partial charge >= 0.3 is 0 Å². The Kier molecular flexibility index (Phi) is 6.93. The predicted molar refractivity (Wildman–Crippen MR) is 85.9 cm³/mol. The Morgan fingerprint density at radius 1 is 1.11 bits per heavy atom. The van der Waals surface area contributed by atoms with Crippen LogP contribution < -0.4 is 10.2 Å². The van der Waals surface area contributed by atoms with Gasteiger partial charge in [0, 0.05) is 24.8 Å². The van der Waals surface area contributed by atoms with Crippen LogP contribution in [0.4, 0.5) is 5.69 Å². The van der Waals surface area contributed by atoms with Gasteiger partial charge in [0.25, 0.3) is 0 Å². The lowest BCUT2D eigenvalue weighted by Crippen LogP contribution is -2.28. The minimum absolute atomic E-state index is 0.484. The van der Waals surface area contributed by atoms with Crippen molar-refractivity contribution in [3.63, 3.8) is 0 Å². The maximum absolute atomic E-state index is 3.53. The summed E-state index contributed by atoms with van der Waals surface area (Å²) < 4.78 is 0. The van der Waals surface area contributed by atoms with E-state index in [9.17, 15) is 0 Å². The highest BCUT2D eigenvalue weighted by Crippen LogP contribution is 2.22. The van der Waals surface area contributed by atoms with E-state index < -0.39 is 0 Å². The summed E-state index contributed by atoms with van der Waals surface area (Å²) in [6.07, 6.45) is 3.62. The molecule has 0 spiro atoms. The monoisotopic (exact) mass is 262 g/mol. The summed E-state index contributed by atoms with van der Waals surface area (Å²) in [5, 5.41) is 3.53. The van der Waals surface area contributed by atoms with Crippen LogP contribution in [0.1, 0.15) is 58.6 Å². The largest absolute Gasteiger partial charge is 0.372 e. The molecule has 0 saturated heterocycles. The summed E-state index contributed by atoms with van der Waals surface area (Å²) in [6, 6.07) is 10.1. The van der Waals surface area contributed by atoms with E-state index in [0.717, 1.165) is 13.0 Å². The van der Waals surface area contributed by atoms with E-state index in [1.165, 1.54) is 24.1 Å². The number of nitrogens with one attached hydrogen (secondary N) is 1. The normalized spacial score (nSPS) is 14.2. The maximum Gasteiger partial charge on any atom is 0.0366 e. The van der Waals surface area contributed by atoms with Gasteiger partial charge in [-0.1, -0.05) is 39.3 Å². The van der Waals surface area contributed by atoms with Crippen molar-refractivity contribution in [1.29, 1.82) is 0 Å². The number of rotatable bonds is 8. The van der Waals surface area contributed by atoms with Gasteiger partial charge in [0.1, 0.15) is 0 Å². The van der Waals surface area contributed by atoms with Crippen molar-refractivity contribution >= 4 is 5.69 Å². The van der Waals surface area contributed by atoms with Gasteiger partial charge in [0.05, 0.1) is 0 Å². The molecular formula is C17H30N2. The second-order valence-electron chi connectivity index (χ2n) is 5.36. The molecule has 1 aromatic rings. The average Bonchev–Trinajstić information content (AvgIpc) is 2.44. The van der Waals surface area contributed by atoms with Crippen molar-refractivity contribution in [3.05, 3.63) is 29.8 Å². The van der Waals surface area contributed by atoms with Crippen LogP contribution in [0, 0.1) is 0 Å². The zero-order chi connectivity index (χ0) is 14.3. The molecule has 2 unspecified atom stereocenters. The fourth-order valence-corrected chi connectivity index (χ4v) is 2.55. The molecule has 0 aromatic heterocycles. The molecule has 2 nitrogen and oxygen atoms in total. The van der Waals surface area contributed by atoms with Gasteiger partial charge in [-0.05, 0) is 44.0 Å². The predicted octanol–water partition coefficient (Wildman–Crippen LogP) is 4.37. The molecule has 0 fully saturated rings. The first kappa shape index (κ1) is 16.0. The molecule has 1 aromatic carbocycles. The smallest absolute Gasteiger partial charge is 0.0366 e. The Bertz CT molecular complexity index is 345. The van der Waals surface area contributed by atoms with Gasteiger partial charge in [0.2, 0.25) is 0 Å². The molecular weight excluding hydrogens is 232 g/mol. The van der Waals surface area contributed by atoms with Crippen LogP contribution in [0.5, 0.6) is 0 Å². The van der Waals surface area contributed by atoms with Crippen LogP contribution >= 0.6 is 0 Å². The number of benzene rings is 1. The Labute approximate surface area is 119 Å². The molecule has 0 amide bonds. The molecule has 0 heterocycles. The minimum atomic E-state index is 0.484. The zero-order valence-corrected chi connectivity index (χ0v) is 13.2. The van der Waals surface area contributed by atoms with Crippen LogP contribution in [-0.4, -0.2) is 19.6 Å². The Morgan fingerprint density at radius 3 is 2.21 bits per heavy atom. The molecule has 2 atom stereocenters. The molecule has 0 radical (unpaired) electrons. The number of hydrogen-bond acceptors (Lipinski definition) is 2. The second kappa shape index (κ2) is 8.21. The van der Waals surface area contributed by atoms with E-state index in [0.29, 0.717) is 12.1 Å². The third-order valence-corrected chi connectivity index (χ3v) is 3.93. The second-order valence-corrected chi connectivity index (χ2v) is 5.36. The van der Waals surface area contributed by atoms with E-state index in [4.69, 9.17) is 0 Å². The van der Waals surface area contributed by atoms with Gasteiger partial charge < -0.3 is 10.2 Å². The first-order chi connectivity index (χ1) is 9.13. The summed E-state index contributed by atoms with van der Waals surface area (Å²) in [4.78, 5) is 2.38. The lowest BCUT2D eigenvalue weighted by molar-refractivity contribution is 0.537. The van der Waals surface area contributed by atoms with E-state index in [2.05, 4.69) is 69.2 Å². The Hall–Kier alpha value is -1.02. The van der Waals surface area contributed by atoms with Gasteiger partial charge in [0.15, 0.2) is 0 Å². The molecule has 108 valence electrons. The third kappa shape index (κ3) is 4.54. The molecule has 0 aliphatic rings. The number of nitrogens with zero attached hydrogens (tertiary/aromatic N) is 1. The summed E-state index contributed by atoms with van der Waals surface area (Å²) in [7, 11) is 2.19. The van der Waals surface area contributed by atoms with Crippen LogP contribution in [0.25, 0.3) is 0 Å². The highest BCUT2D eigenvalue weighted by Gasteiger charge is 2.11.